The molecule has 1 aromatic heterocycles. The zero-order chi connectivity index (χ0) is 15.6. The molecule has 0 saturated carbocycles. The Bertz CT molecular complexity index is 703. The lowest BCUT2D eigenvalue weighted by atomic mass is 10.0. The van der Waals surface area contributed by atoms with Gasteiger partial charge in [-0.15, -0.1) is 0 Å². The second kappa shape index (κ2) is 6.34. The van der Waals surface area contributed by atoms with Gasteiger partial charge < -0.3 is 19.4 Å². The van der Waals surface area contributed by atoms with Crippen LogP contribution in [0.1, 0.15) is 17.7 Å². The first-order valence-electron chi connectivity index (χ1n) is 8.33. The fourth-order valence-corrected chi connectivity index (χ4v) is 3.50. The quantitative estimate of drug-likeness (QED) is 0.940. The summed E-state index contributed by atoms with van der Waals surface area (Å²) in [6, 6.07) is 8.29. The number of aromatic amines is 1. The molecule has 0 unspecified atom stereocenters. The fraction of sp³-hybridized carbons (Fsp3) is 0.500. The number of amides is 1. The highest BCUT2D eigenvalue weighted by Gasteiger charge is 2.24. The van der Waals surface area contributed by atoms with Crippen molar-refractivity contribution in [3.8, 4) is 0 Å². The van der Waals surface area contributed by atoms with Crippen molar-refractivity contribution >= 4 is 16.8 Å². The number of para-hydroxylation sites is 1. The minimum absolute atomic E-state index is 0.0832. The summed E-state index contributed by atoms with van der Waals surface area (Å²) in [5.74, 6) is 0.532. The van der Waals surface area contributed by atoms with Gasteiger partial charge in [-0.2, -0.15) is 0 Å². The zero-order valence-corrected chi connectivity index (χ0v) is 13.2. The van der Waals surface area contributed by atoms with Crippen molar-refractivity contribution in [3.63, 3.8) is 0 Å². The van der Waals surface area contributed by atoms with Crippen molar-refractivity contribution in [2.24, 2.45) is 5.92 Å². The van der Waals surface area contributed by atoms with Gasteiger partial charge >= 0.3 is 0 Å². The number of rotatable bonds is 4. The summed E-state index contributed by atoms with van der Waals surface area (Å²) in [6.07, 6.45) is 1.92. The predicted molar refractivity (Wildman–Crippen MR) is 87.2 cm³/mol. The molecule has 1 amide bonds. The molecule has 1 saturated heterocycles. The Morgan fingerprint density at radius 3 is 3.17 bits per heavy atom. The average Bonchev–Trinajstić information content (AvgIpc) is 3.21. The summed E-state index contributed by atoms with van der Waals surface area (Å²) in [6.45, 7) is 3.81. The third-order valence-corrected chi connectivity index (χ3v) is 4.84. The van der Waals surface area contributed by atoms with E-state index in [1.165, 1.54) is 16.6 Å². The van der Waals surface area contributed by atoms with Gasteiger partial charge in [-0.25, -0.2) is 0 Å². The number of nitrogens with one attached hydrogen (secondary N) is 1. The van der Waals surface area contributed by atoms with E-state index in [0.29, 0.717) is 19.1 Å². The summed E-state index contributed by atoms with van der Waals surface area (Å²) in [4.78, 5) is 17.8. The summed E-state index contributed by atoms with van der Waals surface area (Å²) < 4.78 is 10.9. The lowest BCUT2D eigenvalue weighted by molar-refractivity contribution is -0.137. The molecule has 1 atom stereocenters. The molecule has 122 valence electrons. The number of hydrogen-bond donors (Lipinski definition) is 1. The number of carbonyl (C=O) groups excluding carboxylic acids is 1. The van der Waals surface area contributed by atoms with Gasteiger partial charge in [0.2, 0.25) is 5.91 Å². The maximum Gasteiger partial charge on any atom is 0.248 e. The Labute approximate surface area is 135 Å². The van der Waals surface area contributed by atoms with Crippen LogP contribution in [0.5, 0.6) is 0 Å². The van der Waals surface area contributed by atoms with Crippen LogP contribution in [0.4, 0.5) is 0 Å². The Morgan fingerprint density at radius 1 is 1.39 bits per heavy atom. The highest BCUT2D eigenvalue weighted by molar-refractivity contribution is 5.86. The van der Waals surface area contributed by atoms with E-state index in [1.807, 2.05) is 17.0 Å². The van der Waals surface area contributed by atoms with Crippen molar-refractivity contribution < 1.29 is 14.3 Å². The molecule has 4 rings (SSSR count). The standard InChI is InChI=1S/C18H22N2O3/c21-18(12-23-11-13-6-8-22-10-13)20-7-5-17-15(9-20)14-3-1-2-4-16(14)19-17/h1-4,13,19H,5-12H2/t13-/m1/s1. The SMILES string of the molecule is O=C(COC[C@@H]1CCOC1)N1CCc2[nH]c3ccccc3c2C1. The van der Waals surface area contributed by atoms with Crippen LogP contribution in [0, 0.1) is 5.92 Å². The molecule has 2 aromatic rings. The first kappa shape index (κ1) is 14.7. The number of H-pyrrole nitrogens is 1. The smallest absolute Gasteiger partial charge is 0.248 e. The number of aromatic nitrogens is 1. The van der Waals surface area contributed by atoms with E-state index in [-0.39, 0.29) is 12.5 Å². The van der Waals surface area contributed by atoms with E-state index >= 15 is 0 Å². The molecule has 2 aliphatic rings. The van der Waals surface area contributed by atoms with Gasteiger partial charge in [0.05, 0.1) is 13.2 Å². The van der Waals surface area contributed by atoms with E-state index in [1.54, 1.807) is 0 Å². The van der Waals surface area contributed by atoms with Crippen LogP contribution >= 0.6 is 0 Å². The van der Waals surface area contributed by atoms with Crippen LogP contribution in [0.25, 0.3) is 10.9 Å². The van der Waals surface area contributed by atoms with Crippen molar-refractivity contribution in [3.05, 3.63) is 35.5 Å². The van der Waals surface area contributed by atoms with Crippen LogP contribution in [0.3, 0.4) is 0 Å². The minimum Gasteiger partial charge on any atom is -0.381 e. The maximum atomic E-state index is 12.4. The number of hydrogen-bond acceptors (Lipinski definition) is 3. The summed E-state index contributed by atoms with van der Waals surface area (Å²) in [5, 5.41) is 1.23. The Morgan fingerprint density at radius 2 is 2.30 bits per heavy atom. The summed E-state index contributed by atoms with van der Waals surface area (Å²) in [5.41, 5.74) is 3.67. The Balaban J connectivity index is 1.38. The van der Waals surface area contributed by atoms with Crippen LogP contribution in [-0.4, -0.2) is 48.8 Å². The third kappa shape index (κ3) is 2.99. The van der Waals surface area contributed by atoms with Gasteiger partial charge in [-0.3, -0.25) is 4.79 Å². The molecule has 23 heavy (non-hydrogen) atoms. The van der Waals surface area contributed by atoms with E-state index in [4.69, 9.17) is 9.47 Å². The number of ether oxygens (including phenoxy) is 2. The van der Waals surface area contributed by atoms with E-state index in [9.17, 15) is 4.79 Å². The highest BCUT2D eigenvalue weighted by Crippen LogP contribution is 2.27. The van der Waals surface area contributed by atoms with E-state index in [0.717, 1.165) is 38.1 Å². The third-order valence-electron chi connectivity index (χ3n) is 4.84. The summed E-state index contributed by atoms with van der Waals surface area (Å²) in [7, 11) is 0. The molecule has 2 aliphatic heterocycles. The number of carbonyl (C=O) groups is 1. The molecule has 0 aliphatic carbocycles. The number of nitrogens with zero attached hydrogens (tertiary/aromatic N) is 1. The van der Waals surface area contributed by atoms with Crippen molar-refractivity contribution in [1.29, 1.82) is 0 Å². The van der Waals surface area contributed by atoms with Gasteiger partial charge in [0, 0.05) is 54.2 Å². The molecule has 5 nitrogen and oxygen atoms in total. The van der Waals surface area contributed by atoms with Crippen LogP contribution in [-0.2, 0) is 27.2 Å². The van der Waals surface area contributed by atoms with E-state index in [2.05, 4.69) is 17.1 Å². The highest BCUT2D eigenvalue weighted by atomic mass is 16.5. The van der Waals surface area contributed by atoms with Crippen LogP contribution in [0.15, 0.2) is 24.3 Å². The molecule has 5 heteroatoms. The molecule has 3 heterocycles. The molecule has 1 aromatic carbocycles. The van der Waals surface area contributed by atoms with E-state index < -0.39 is 0 Å². The fourth-order valence-electron chi connectivity index (χ4n) is 3.50. The lowest BCUT2D eigenvalue weighted by Gasteiger charge is -2.27. The molecule has 0 bridgehead atoms. The van der Waals surface area contributed by atoms with Crippen LogP contribution < -0.4 is 0 Å². The molecule has 0 radical (unpaired) electrons. The van der Waals surface area contributed by atoms with Crippen LogP contribution in [0.2, 0.25) is 0 Å². The molecule has 1 N–H and O–H groups in total. The average molecular weight is 314 g/mol. The van der Waals surface area contributed by atoms with Crippen molar-refractivity contribution in [2.45, 2.75) is 19.4 Å². The molecule has 1 fully saturated rings. The first-order chi connectivity index (χ1) is 11.3. The summed E-state index contributed by atoms with van der Waals surface area (Å²) >= 11 is 0. The lowest BCUT2D eigenvalue weighted by Crippen LogP contribution is -2.38. The second-order valence-electron chi connectivity index (χ2n) is 6.44. The van der Waals surface area contributed by atoms with Crippen molar-refractivity contribution in [1.82, 2.24) is 9.88 Å². The number of benzene rings is 1. The first-order valence-corrected chi connectivity index (χ1v) is 8.33. The molecular weight excluding hydrogens is 292 g/mol. The van der Waals surface area contributed by atoms with Gasteiger partial charge in [0.25, 0.3) is 0 Å². The molecular formula is C18H22N2O3. The number of fused-ring (bicyclic) bond motifs is 3. The monoisotopic (exact) mass is 314 g/mol. The zero-order valence-electron chi connectivity index (χ0n) is 13.2. The Hall–Kier alpha value is -1.85. The van der Waals surface area contributed by atoms with Gasteiger partial charge in [-0.1, -0.05) is 18.2 Å². The van der Waals surface area contributed by atoms with Crippen molar-refractivity contribution in [2.75, 3.05) is 33.0 Å². The molecule has 0 spiro atoms. The second-order valence-corrected chi connectivity index (χ2v) is 6.44. The minimum atomic E-state index is 0.0832. The normalized spacial score (nSPS) is 20.9. The predicted octanol–water partition coefficient (Wildman–Crippen LogP) is 2.11. The van der Waals surface area contributed by atoms with Gasteiger partial charge in [-0.05, 0) is 12.5 Å². The largest absolute Gasteiger partial charge is 0.381 e. The maximum absolute atomic E-state index is 12.4. The van der Waals surface area contributed by atoms with Gasteiger partial charge in [0.1, 0.15) is 6.61 Å². The topological polar surface area (TPSA) is 54.6 Å². The Kier molecular flexibility index (Phi) is 4.06. The van der Waals surface area contributed by atoms with Gasteiger partial charge in [0.15, 0.2) is 0 Å².